The molecule has 0 aliphatic rings. The van der Waals surface area contributed by atoms with Gasteiger partial charge < -0.3 is 12.7 Å². The molecule has 0 aliphatic heterocycles. The molecule has 0 aromatic carbocycles. The molecule has 2 N–H and O–H groups in total. The Kier molecular flexibility index (Phi) is 247. The summed E-state index contributed by atoms with van der Waals surface area (Å²) in [6, 6.07) is 0. The maximum absolute atomic E-state index is 4.25. The van der Waals surface area contributed by atoms with Crippen LogP contribution in [-0.2, 0) is 32.7 Å². The molecule has 0 atom stereocenters. The van der Waals surface area contributed by atoms with Crippen molar-refractivity contribution in [2.24, 2.45) is 0 Å². The van der Waals surface area contributed by atoms with Crippen LogP contribution in [0.5, 0.6) is 0 Å². The smallest absolute Gasteiger partial charge is 0 e. The Morgan fingerprint density at radius 2 is 1.25 bits per heavy atom. The second-order valence-electron chi connectivity index (χ2n) is 0. The molecule has 0 rings (SSSR count). The molecule has 1 radical (unpaired) electrons. The van der Waals surface area contributed by atoms with E-state index in [1.807, 2.05) is 0 Å². The van der Waals surface area contributed by atoms with E-state index in [9.17, 15) is 0 Å². The van der Waals surface area contributed by atoms with E-state index in [1.54, 1.807) is 0 Å². The van der Waals surface area contributed by atoms with Crippen molar-refractivity contribution < 1.29 is 32.7 Å². The second-order valence-corrected chi connectivity index (χ2v) is 0. The summed E-state index contributed by atoms with van der Waals surface area (Å²) in [5, 5.41) is 0. The first kappa shape index (κ1) is 21.4. The number of nitrogens with two attached hydrogens (primary N) is 1. The minimum Gasteiger partial charge on any atom is -0.693 e. The van der Waals surface area contributed by atoms with E-state index in [-0.39, 0.29) is 38.9 Å². The number of rotatable bonds is 0. The van der Waals surface area contributed by atoms with Crippen molar-refractivity contribution in [3.8, 4) is 0 Å². The Morgan fingerprint density at radius 1 is 1.25 bits per heavy atom. The predicted octanol–water partition coefficient (Wildman–Crippen LogP) is 1.32. The summed E-state index contributed by atoms with van der Waals surface area (Å²) in [6.45, 7) is 7.00. The fourth-order valence-electron chi connectivity index (χ4n) is 0. The van der Waals surface area contributed by atoms with Crippen LogP contribution in [0.25, 0.3) is 6.15 Å². The van der Waals surface area contributed by atoms with Crippen molar-refractivity contribution in [3.05, 3.63) is 19.3 Å². The van der Waals surface area contributed by atoms with Gasteiger partial charge in [-0.1, -0.05) is 0 Å². The van der Waals surface area contributed by atoms with E-state index in [0.717, 1.165) is 0 Å². The van der Waals surface area contributed by atoms with Crippen molar-refractivity contribution in [1.82, 2.24) is 0 Å². The normalized spacial score (nSPS) is 1.00. The summed E-state index contributed by atoms with van der Waals surface area (Å²) < 4.78 is 0. The molecule has 0 fully saturated rings. The molecule has 0 bridgehead atoms. The molecule has 0 spiro atoms. The van der Waals surface area contributed by atoms with Crippen molar-refractivity contribution in [2.45, 2.75) is 0 Å². The molecular weight excluding hydrogens is 127 g/mol. The van der Waals surface area contributed by atoms with Gasteiger partial charge in [0.1, 0.15) is 0 Å². The fourth-order valence-corrected chi connectivity index (χ4v) is 0. The third-order valence-corrected chi connectivity index (χ3v) is 0. The van der Waals surface area contributed by atoms with Gasteiger partial charge in [0, 0.05) is 32.7 Å². The van der Waals surface area contributed by atoms with Crippen LogP contribution < -0.4 is 0 Å². The van der Waals surface area contributed by atoms with Crippen molar-refractivity contribution in [2.75, 3.05) is 0 Å². The minimum atomic E-state index is 0. The summed E-state index contributed by atoms with van der Waals surface area (Å²) in [7, 11) is 0. The quantitative estimate of drug-likeness (QED) is 0.445. The Balaban J connectivity index is -0.00000000500. The van der Waals surface area contributed by atoms with Crippen molar-refractivity contribution >= 4 is 0 Å². The Hall–Kier alpha value is 0.804. The van der Waals surface area contributed by atoms with Gasteiger partial charge in [0.2, 0.25) is 0 Å². The number of hydrogen-bond donors (Lipinski definition) is 0. The van der Waals surface area contributed by atoms with Crippen molar-refractivity contribution in [3.63, 3.8) is 0 Å². The van der Waals surface area contributed by atoms with Gasteiger partial charge in [-0.15, -0.1) is 0 Å². The van der Waals surface area contributed by atoms with Crippen LogP contribution in [0.3, 0.4) is 0 Å². The van der Waals surface area contributed by atoms with Gasteiger partial charge in [0.25, 0.3) is 0 Å². The van der Waals surface area contributed by atoms with Gasteiger partial charge >= 0.3 is 0 Å². The van der Waals surface area contributed by atoms with Gasteiger partial charge in [-0.05, 0) is 0 Å². The zero-order valence-corrected chi connectivity index (χ0v) is 5.28. The standard InChI is InChI=1S/C2H3.H2N.Y/c1-2;;/h1H,2H2;1H2;/q2*-1;. The summed E-state index contributed by atoms with van der Waals surface area (Å²) in [5.41, 5.74) is 0. The third-order valence-electron chi connectivity index (χ3n) is 0. The van der Waals surface area contributed by atoms with E-state index in [1.165, 1.54) is 0 Å². The molecule has 0 amide bonds. The predicted molar refractivity (Wildman–Crippen MR) is 15.2 cm³/mol. The molecule has 0 unspecified atom stereocenters. The summed E-state index contributed by atoms with van der Waals surface area (Å²) in [6.07, 6.45) is 0. The van der Waals surface area contributed by atoms with Gasteiger partial charge in [0.15, 0.2) is 0 Å². The largest absolute Gasteiger partial charge is 0.693 e. The first-order valence-corrected chi connectivity index (χ1v) is 0.408. The van der Waals surface area contributed by atoms with E-state index in [2.05, 4.69) is 13.2 Å². The first-order valence-electron chi connectivity index (χ1n) is 0.408. The molecule has 0 heterocycles. The van der Waals surface area contributed by atoms with E-state index in [0.29, 0.717) is 0 Å². The molecule has 1 nitrogen and oxygen atoms in total. The van der Waals surface area contributed by atoms with Crippen LogP contribution >= 0.6 is 0 Å². The SMILES string of the molecule is [CH-]=C.[NH2-].[Y]. The molecule has 2 heteroatoms. The number of hydrogen-bond acceptors (Lipinski definition) is 0. The van der Waals surface area contributed by atoms with Crippen LogP contribution in [0.2, 0.25) is 0 Å². The zero-order chi connectivity index (χ0) is 2.00. The molecule has 4 heavy (non-hydrogen) atoms. The van der Waals surface area contributed by atoms with Crippen LogP contribution in [0, 0.1) is 6.58 Å². The molecule has 0 aromatic heterocycles. The minimum absolute atomic E-state index is 0. The molecule has 0 saturated heterocycles. The topological polar surface area (TPSA) is 33.5 Å². The first-order chi connectivity index (χ1) is 1.00. The van der Waals surface area contributed by atoms with Crippen LogP contribution in [-0.4, -0.2) is 0 Å². The summed E-state index contributed by atoms with van der Waals surface area (Å²) in [4.78, 5) is 0. The molecule has 0 saturated carbocycles. The Morgan fingerprint density at radius 3 is 1.25 bits per heavy atom. The van der Waals surface area contributed by atoms with E-state index in [4.69, 9.17) is 0 Å². The van der Waals surface area contributed by atoms with Gasteiger partial charge in [-0.2, -0.15) is 0 Å². The Bertz CT molecular complexity index is 6.00. The molecule has 0 aliphatic carbocycles. The fraction of sp³-hybridized carbons (Fsp3) is 0. The van der Waals surface area contributed by atoms with Gasteiger partial charge in [0.05, 0.1) is 0 Å². The van der Waals surface area contributed by atoms with Gasteiger partial charge in [-0.3, -0.25) is 6.58 Å². The zero-order valence-electron chi connectivity index (χ0n) is 2.44. The second kappa shape index (κ2) is 46.3. The van der Waals surface area contributed by atoms with Crippen molar-refractivity contribution in [1.29, 1.82) is 0 Å². The van der Waals surface area contributed by atoms with Crippen LogP contribution in [0.15, 0.2) is 6.58 Å². The van der Waals surface area contributed by atoms with Crippen LogP contribution in [0.1, 0.15) is 0 Å². The maximum Gasteiger partial charge on any atom is 0 e. The molecule has 0 aromatic rings. The monoisotopic (exact) mass is 132 g/mol. The Labute approximate surface area is 51.9 Å². The summed E-state index contributed by atoms with van der Waals surface area (Å²) in [5.74, 6) is 0. The average molecular weight is 132 g/mol. The molecular formula is C2H5NY-2. The van der Waals surface area contributed by atoms with E-state index < -0.39 is 0 Å². The third kappa shape index (κ3) is 14.1. The van der Waals surface area contributed by atoms with E-state index >= 15 is 0 Å². The van der Waals surface area contributed by atoms with Gasteiger partial charge in [-0.25, -0.2) is 0 Å². The maximum atomic E-state index is 4.25. The molecule has 23 valence electrons. The van der Waals surface area contributed by atoms with Crippen LogP contribution in [0.4, 0.5) is 0 Å². The summed E-state index contributed by atoms with van der Waals surface area (Å²) >= 11 is 0. The average Bonchev–Trinajstić information content (AvgIpc) is 1.00.